The monoisotopic (exact) mass is 309 g/mol. The number of carbonyl (C=O) groups is 1. The van der Waals surface area contributed by atoms with Crippen molar-refractivity contribution in [2.45, 2.75) is 52.0 Å². The highest BCUT2D eigenvalue weighted by molar-refractivity contribution is 6.29. The molecule has 1 aromatic rings. The maximum absolute atomic E-state index is 12.4. The van der Waals surface area contributed by atoms with E-state index in [4.69, 9.17) is 11.6 Å². The van der Waals surface area contributed by atoms with Crippen molar-refractivity contribution < 1.29 is 4.79 Å². The van der Waals surface area contributed by atoms with Crippen molar-refractivity contribution >= 4 is 23.3 Å². The van der Waals surface area contributed by atoms with Gasteiger partial charge in [0, 0.05) is 18.2 Å². The van der Waals surface area contributed by atoms with E-state index in [1.54, 1.807) is 12.1 Å². The van der Waals surface area contributed by atoms with E-state index in [-0.39, 0.29) is 11.9 Å². The topological polar surface area (TPSA) is 54.0 Å². The Morgan fingerprint density at radius 2 is 2.14 bits per heavy atom. The van der Waals surface area contributed by atoms with Crippen LogP contribution in [0.4, 0.5) is 5.82 Å². The van der Waals surface area contributed by atoms with Crippen molar-refractivity contribution in [1.29, 1.82) is 0 Å². The molecule has 1 fully saturated rings. The first-order valence-electron chi connectivity index (χ1n) is 7.82. The molecule has 21 heavy (non-hydrogen) atoms. The molecular formula is C16H24ClN3O. The molecule has 5 heteroatoms. The number of anilines is 1. The molecule has 2 atom stereocenters. The molecule has 0 bridgehead atoms. The molecule has 2 N–H and O–H groups in total. The number of halogens is 1. The summed E-state index contributed by atoms with van der Waals surface area (Å²) in [6, 6.07) is 3.66. The Labute approximate surface area is 131 Å². The first kappa shape index (κ1) is 16.1. The van der Waals surface area contributed by atoms with Crippen molar-refractivity contribution in [3.8, 4) is 0 Å². The van der Waals surface area contributed by atoms with Gasteiger partial charge in [-0.05, 0) is 37.3 Å². The summed E-state index contributed by atoms with van der Waals surface area (Å²) in [7, 11) is 0. The van der Waals surface area contributed by atoms with E-state index in [0.29, 0.717) is 22.5 Å². The fourth-order valence-corrected chi connectivity index (χ4v) is 2.96. The van der Waals surface area contributed by atoms with E-state index in [9.17, 15) is 4.79 Å². The SMILES string of the molecule is CCCNc1cc(C(=O)NC2CCCCC2C)cc(Cl)n1. The number of aromatic nitrogens is 1. The highest BCUT2D eigenvalue weighted by atomic mass is 35.5. The average Bonchev–Trinajstić information content (AvgIpc) is 2.47. The number of pyridine rings is 1. The summed E-state index contributed by atoms with van der Waals surface area (Å²) in [6.45, 7) is 5.10. The Hall–Kier alpha value is -1.29. The van der Waals surface area contributed by atoms with Crippen LogP contribution in [0.3, 0.4) is 0 Å². The molecule has 1 aliphatic rings. The van der Waals surface area contributed by atoms with Crippen molar-refractivity contribution in [2.24, 2.45) is 5.92 Å². The van der Waals surface area contributed by atoms with Crippen LogP contribution >= 0.6 is 11.6 Å². The standard InChI is InChI=1S/C16H24ClN3O/c1-3-8-18-15-10-12(9-14(17)20-15)16(21)19-13-7-5-4-6-11(13)2/h9-11,13H,3-8H2,1-2H3,(H,18,20)(H,19,21). The molecule has 116 valence electrons. The summed E-state index contributed by atoms with van der Waals surface area (Å²) < 4.78 is 0. The first-order valence-corrected chi connectivity index (χ1v) is 8.20. The zero-order valence-electron chi connectivity index (χ0n) is 12.8. The lowest BCUT2D eigenvalue weighted by atomic mass is 9.86. The first-order chi connectivity index (χ1) is 10.1. The molecule has 1 amide bonds. The second-order valence-corrected chi connectivity index (χ2v) is 6.22. The van der Waals surface area contributed by atoms with Gasteiger partial charge in [-0.2, -0.15) is 0 Å². The van der Waals surface area contributed by atoms with Crippen LogP contribution in [0.2, 0.25) is 5.15 Å². The van der Waals surface area contributed by atoms with Crippen LogP contribution in [-0.4, -0.2) is 23.5 Å². The quantitative estimate of drug-likeness (QED) is 0.812. The minimum Gasteiger partial charge on any atom is -0.370 e. The third-order valence-electron chi connectivity index (χ3n) is 4.04. The molecular weight excluding hydrogens is 286 g/mol. The van der Waals surface area contributed by atoms with Crippen molar-refractivity contribution in [3.05, 3.63) is 22.8 Å². The zero-order chi connectivity index (χ0) is 15.2. The minimum absolute atomic E-state index is 0.0578. The number of rotatable bonds is 5. The summed E-state index contributed by atoms with van der Waals surface area (Å²) in [6.07, 6.45) is 5.70. The molecule has 1 saturated carbocycles. The third-order valence-corrected chi connectivity index (χ3v) is 4.23. The molecule has 2 rings (SSSR count). The Bertz CT molecular complexity index is 492. The van der Waals surface area contributed by atoms with Crippen LogP contribution in [0.25, 0.3) is 0 Å². The maximum Gasteiger partial charge on any atom is 0.251 e. The summed E-state index contributed by atoms with van der Waals surface area (Å²) in [4.78, 5) is 16.6. The Morgan fingerprint density at radius 3 is 2.86 bits per heavy atom. The average molecular weight is 310 g/mol. The molecule has 1 heterocycles. The molecule has 0 radical (unpaired) electrons. The van der Waals surface area contributed by atoms with Crippen LogP contribution in [0.5, 0.6) is 0 Å². The van der Waals surface area contributed by atoms with E-state index in [2.05, 4.69) is 29.5 Å². The number of nitrogens with one attached hydrogen (secondary N) is 2. The summed E-state index contributed by atoms with van der Waals surface area (Å²) in [5, 5.41) is 6.65. The van der Waals surface area contributed by atoms with Gasteiger partial charge in [-0.25, -0.2) is 4.98 Å². The molecule has 0 saturated heterocycles. The van der Waals surface area contributed by atoms with Crippen LogP contribution in [0.15, 0.2) is 12.1 Å². The van der Waals surface area contributed by atoms with Crippen LogP contribution < -0.4 is 10.6 Å². The summed E-state index contributed by atoms with van der Waals surface area (Å²) >= 11 is 6.01. The van der Waals surface area contributed by atoms with Gasteiger partial charge < -0.3 is 10.6 Å². The number of hydrogen-bond donors (Lipinski definition) is 2. The lowest BCUT2D eigenvalue weighted by Crippen LogP contribution is -2.41. The number of amides is 1. The van der Waals surface area contributed by atoms with Gasteiger partial charge in [0.2, 0.25) is 0 Å². The Balaban J connectivity index is 2.05. The number of hydrogen-bond acceptors (Lipinski definition) is 3. The van der Waals surface area contributed by atoms with Gasteiger partial charge in [0.1, 0.15) is 11.0 Å². The van der Waals surface area contributed by atoms with Crippen LogP contribution in [0, 0.1) is 5.92 Å². The smallest absolute Gasteiger partial charge is 0.251 e. The van der Waals surface area contributed by atoms with Crippen molar-refractivity contribution in [3.63, 3.8) is 0 Å². The van der Waals surface area contributed by atoms with Gasteiger partial charge in [0.15, 0.2) is 0 Å². The van der Waals surface area contributed by atoms with Gasteiger partial charge in [-0.3, -0.25) is 4.79 Å². The lowest BCUT2D eigenvalue weighted by Gasteiger charge is -2.29. The van der Waals surface area contributed by atoms with E-state index in [1.807, 2.05) is 0 Å². The lowest BCUT2D eigenvalue weighted by molar-refractivity contribution is 0.0910. The number of carbonyl (C=O) groups excluding carboxylic acids is 1. The molecule has 0 aliphatic heterocycles. The molecule has 0 aromatic carbocycles. The zero-order valence-corrected chi connectivity index (χ0v) is 13.5. The molecule has 4 nitrogen and oxygen atoms in total. The predicted molar refractivity (Wildman–Crippen MR) is 86.9 cm³/mol. The number of nitrogens with zero attached hydrogens (tertiary/aromatic N) is 1. The van der Waals surface area contributed by atoms with Gasteiger partial charge in [0.25, 0.3) is 5.91 Å². The maximum atomic E-state index is 12.4. The minimum atomic E-state index is -0.0578. The van der Waals surface area contributed by atoms with Gasteiger partial charge in [-0.1, -0.05) is 38.3 Å². The third kappa shape index (κ3) is 4.60. The molecule has 1 aromatic heterocycles. The highest BCUT2D eigenvalue weighted by Crippen LogP contribution is 2.24. The van der Waals surface area contributed by atoms with Crippen LogP contribution in [0.1, 0.15) is 56.3 Å². The normalized spacial score (nSPS) is 21.9. The Kier molecular flexibility index (Phi) is 5.85. The van der Waals surface area contributed by atoms with Crippen LogP contribution in [-0.2, 0) is 0 Å². The second kappa shape index (κ2) is 7.64. The van der Waals surface area contributed by atoms with E-state index < -0.39 is 0 Å². The molecule has 2 unspecified atom stereocenters. The van der Waals surface area contributed by atoms with E-state index in [0.717, 1.165) is 19.4 Å². The molecule has 1 aliphatic carbocycles. The fourth-order valence-electron chi connectivity index (χ4n) is 2.75. The molecule has 0 spiro atoms. The summed E-state index contributed by atoms with van der Waals surface area (Å²) in [5.74, 6) is 1.14. The van der Waals surface area contributed by atoms with E-state index >= 15 is 0 Å². The van der Waals surface area contributed by atoms with Crippen molar-refractivity contribution in [1.82, 2.24) is 10.3 Å². The van der Waals surface area contributed by atoms with Gasteiger partial charge in [-0.15, -0.1) is 0 Å². The van der Waals surface area contributed by atoms with Gasteiger partial charge >= 0.3 is 0 Å². The highest BCUT2D eigenvalue weighted by Gasteiger charge is 2.23. The Morgan fingerprint density at radius 1 is 1.38 bits per heavy atom. The fraction of sp³-hybridized carbons (Fsp3) is 0.625. The predicted octanol–water partition coefficient (Wildman–Crippen LogP) is 3.87. The summed E-state index contributed by atoms with van der Waals surface area (Å²) in [5.41, 5.74) is 0.575. The van der Waals surface area contributed by atoms with E-state index in [1.165, 1.54) is 19.3 Å². The van der Waals surface area contributed by atoms with Gasteiger partial charge in [0.05, 0.1) is 0 Å². The van der Waals surface area contributed by atoms with Crippen molar-refractivity contribution in [2.75, 3.05) is 11.9 Å². The second-order valence-electron chi connectivity index (χ2n) is 5.83. The largest absolute Gasteiger partial charge is 0.370 e.